The van der Waals surface area contributed by atoms with Crippen LogP contribution >= 0.6 is 0 Å². The van der Waals surface area contributed by atoms with Gasteiger partial charge in [-0.15, -0.1) is 0 Å². The van der Waals surface area contributed by atoms with Gasteiger partial charge < -0.3 is 10.2 Å². The molecule has 0 amide bonds. The molecule has 1 aliphatic heterocycles. The Morgan fingerprint density at radius 3 is 2.79 bits per heavy atom. The topological polar surface area (TPSA) is 70.8 Å². The Labute approximate surface area is 143 Å². The van der Waals surface area contributed by atoms with Gasteiger partial charge in [0.25, 0.3) is 5.69 Å². The number of likely N-dealkylation sites (tertiary alicyclic amines) is 1. The highest BCUT2D eigenvalue weighted by atomic mass is 16.6. The number of aliphatic imine (C=N–C) groups is 1. The molecule has 0 unspecified atom stereocenters. The van der Waals surface area contributed by atoms with Crippen LogP contribution in [-0.4, -0.2) is 35.4 Å². The fourth-order valence-electron chi connectivity index (χ4n) is 4.06. The molecule has 1 saturated carbocycles. The maximum Gasteiger partial charge on any atom is 0.274 e. The van der Waals surface area contributed by atoms with Crippen molar-refractivity contribution in [3.8, 4) is 0 Å². The normalized spacial score (nSPS) is 19.9. The Hall–Kier alpha value is -2.11. The van der Waals surface area contributed by atoms with Gasteiger partial charge in [-0.3, -0.25) is 10.1 Å². The van der Waals surface area contributed by atoms with Crippen molar-refractivity contribution in [1.82, 2.24) is 10.2 Å². The van der Waals surface area contributed by atoms with Gasteiger partial charge >= 0.3 is 0 Å². The van der Waals surface area contributed by atoms with Crippen LogP contribution in [0.2, 0.25) is 0 Å². The van der Waals surface area contributed by atoms with Gasteiger partial charge in [-0.25, -0.2) is 4.99 Å². The summed E-state index contributed by atoms with van der Waals surface area (Å²) in [5.74, 6) is 0.888. The van der Waals surface area contributed by atoms with Crippen LogP contribution in [-0.2, 0) is 6.54 Å². The van der Waals surface area contributed by atoms with Crippen molar-refractivity contribution in [1.29, 1.82) is 0 Å². The van der Waals surface area contributed by atoms with Gasteiger partial charge in [0, 0.05) is 25.7 Å². The number of guanidine groups is 1. The van der Waals surface area contributed by atoms with Crippen LogP contribution in [0.1, 0.15) is 44.6 Å². The molecule has 0 atom stereocenters. The molecule has 1 aromatic carbocycles. The molecule has 6 heteroatoms. The predicted octanol–water partition coefficient (Wildman–Crippen LogP) is 3.33. The van der Waals surface area contributed by atoms with Gasteiger partial charge in [-0.05, 0) is 31.6 Å². The van der Waals surface area contributed by atoms with E-state index in [0.29, 0.717) is 17.5 Å². The molecule has 24 heavy (non-hydrogen) atoms. The second kappa shape index (κ2) is 7.20. The SMILES string of the molecule is CCNC(=NCc1ccccc1[N+](=O)[O-])N1CCC2(CCCC2)C1. The summed E-state index contributed by atoms with van der Waals surface area (Å²) >= 11 is 0. The molecule has 0 radical (unpaired) electrons. The van der Waals surface area contributed by atoms with Crippen LogP contribution in [0.25, 0.3) is 0 Å². The van der Waals surface area contributed by atoms with Crippen molar-refractivity contribution >= 4 is 11.6 Å². The Bertz CT molecular complexity index is 623. The number of nitrogens with zero attached hydrogens (tertiary/aromatic N) is 3. The standard InChI is InChI=1S/C18H26N4O2/c1-2-19-17(21-12-11-18(14-21)9-5-6-10-18)20-13-15-7-3-4-8-16(15)22(23)24/h3-4,7-8H,2,5-6,9-14H2,1H3,(H,19,20). The third kappa shape index (κ3) is 3.52. The first-order valence-electron chi connectivity index (χ1n) is 8.89. The molecule has 1 N–H and O–H groups in total. The van der Waals surface area contributed by atoms with E-state index in [4.69, 9.17) is 4.99 Å². The van der Waals surface area contributed by atoms with Crippen molar-refractivity contribution in [3.63, 3.8) is 0 Å². The zero-order valence-corrected chi connectivity index (χ0v) is 14.3. The highest BCUT2D eigenvalue weighted by molar-refractivity contribution is 5.80. The molecule has 1 aromatic rings. The van der Waals surface area contributed by atoms with Crippen LogP contribution in [0.3, 0.4) is 0 Å². The van der Waals surface area contributed by atoms with E-state index in [1.54, 1.807) is 18.2 Å². The number of rotatable bonds is 4. The van der Waals surface area contributed by atoms with Crippen LogP contribution in [0.15, 0.2) is 29.3 Å². The second-order valence-electron chi connectivity index (χ2n) is 6.93. The highest BCUT2D eigenvalue weighted by Gasteiger charge is 2.41. The number of para-hydroxylation sites is 1. The molecule has 0 aromatic heterocycles. The quantitative estimate of drug-likeness (QED) is 0.398. The van der Waals surface area contributed by atoms with Crippen molar-refractivity contribution in [2.75, 3.05) is 19.6 Å². The summed E-state index contributed by atoms with van der Waals surface area (Å²) in [5, 5.41) is 14.5. The van der Waals surface area contributed by atoms with Crippen molar-refractivity contribution in [2.24, 2.45) is 10.4 Å². The van der Waals surface area contributed by atoms with E-state index in [1.165, 1.54) is 32.1 Å². The van der Waals surface area contributed by atoms with E-state index in [9.17, 15) is 10.1 Å². The summed E-state index contributed by atoms with van der Waals surface area (Å²) in [6, 6.07) is 6.85. The summed E-state index contributed by atoms with van der Waals surface area (Å²) in [6.07, 6.45) is 6.58. The number of hydrogen-bond acceptors (Lipinski definition) is 3. The van der Waals surface area contributed by atoms with E-state index in [2.05, 4.69) is 17.1 Å². The smallest absolute Gasteiger partial charge is 0.274 e. The first-order valence-corrected chi connectivity index (χ1v) is 8.89. The lowest BCUT2D eigenvalue weighted by atomic mass is 9.86. The van der Waals surface area contributed by atoms with E-state index in [0.717, 1.165) is 25.6 Å². The molecule has 1 heterocycles. The average molecular weight is 330 g/mol. The fourth-order valence-corrected chi connectivity index (χ4v) is 4.06. The van der Waals surface area contributed by atoms with Crippen LogP contribution < -0.4 is 5.32 Å². The predicted molar refractivity (Wildman–Crippen MR) is 95.0 cm³/mol. The van der Waals surface area contributed by atoms with Crippen LogP contribution in [0, 0.1) is 15.5 Å². The number of hydrogen-bond donors (Lipinski definition) is 1. The summed E-state index contributed by atoms with van der Waals surface area (Å²) < 4.78 is 0. The summed E-state index contributed by atoms with van der Waals surface area (Å²) in [5.41, 5.74) is 1.29. The zero-order valence-electron chi connectivity index (χ0n) is 14.3. The van der Waals surface area contributed by atoms with Crippen LogP contribution in [0.4, 0.5) is 5.69 Å². The van der Waals surface area contributed by atoms with E-state index >= 15 is 0 Å². The molecule has 1 spiro atoms. The largest absolute Gasteiger partial charge is 0.357 e. The van der Waals surface area contributed by atoms with Crippen molar-refractivity contribution in [2.45, 2.75) is 45.6 Å². The lowest BCUT2D eigenvalue weighted by molar-refractivity contribution is -0.385. The van der Waals surface area contributed by atoms with Crippen molar-refractivity contribution in [3.05, 3.63) is 39.9 Å². The zero-order chi connectivity index (χ0) is 17.0. The Morgan fingerprint density at radius 1 is 1.33 bits per heavy atom. The van der Waals surface area contributed by atoms with E-state index < -0.39 is 0 Å². The molecule has 6 nitrogen and oxygen atoms in total. The number of nitrogens with one attached hydrogen (secondary N) is 1. The van der Waals surface area contributed by atoms with Gasteiger partial charge in [-0.2, -0.15) is 0 Å². The first-order chi connectivity index (χ1) is 11.6. The number of nitro groups is 1. The Balaban J connectivity index is 1.74. The summed E-state index contributed by atoms with van der Waals surface area (Å²) in [6.45, 7) is 5.29. The fraction of sp³-hybridized carbons (Fsp3) is 0.611. The minimum absolute atomic E-state index is 0.144. The maximum atomic E-state index is 11.1. The number of nitro benzene ring substituents is 1. The monoisotopic (exact) mass is 330 g/mol. The second-order valence-corrected chi connectivity index (χ2v) is 6.93. The molecular weight excluding hydrogens is 304 g/mol. The molecule has 1 saturated heterocycles. The molecule has 130 valence electrons. The average Bonchev–Trinajstić information content (AvgIpc) is 3.22. The van der Waals surface area contributed by atoms with Gasteiger partial charge in [0.15, 0.2) is 5.96 Å². The maximum absolute atomic E-state index is 11.1. The molecule has 3 rings (SSSR count). The summed E-state index contributed by atoms with van der Waals surface area (Å²) in [7, 11) is 0. The third-order valence-electron chi connectivity index (χ3n) is 5.32. The third-order valence-corrected chi connectivity index (χ3v) is 5.32. The van der Waals surface area contributed by atoms with E-state index in [1.807, 2.05) is 6.07 Å². The Kier molecular flexibility index (Phi) is 5.02. The van der Waals surface area contributed by atoms with Gasteiger partial charge in [0.1, 0.15) is 0 Å². The highest BCUT2D eigenvalue weighted by Crippen LogP contribution is 2.45. The summed E-state index contributed by atoms with van der Waals surface area (Å²) in [4.78, 5) is 17.8. The molecule has 1 aliphatic carbocycles. The molecule has 2 aliphatic rings. The minimum Gasteiger partial charge on any atom is -0.357 e. The van der Waals surface area contributed by atoms with Crippen LogP contribution in [0.5, 0.6) is 0 Å². The van der Waals surface area contributed by atoms with Gasteiger partial charge in [0.2, 0.25) is 0 Å². The first kappa shape index (κ1) is 16.7. The lowest BCUT2D eigenvalue weighted by Crippen LogP contribution is -2.41. The number of benzene rings is 1. The minimum atomic E-state index is -0.332. The van der Waals surface area contributed by atoms with E-state index in [-0.39, 0.29) is 10.6 Å². The lowest BCUT2D eigenvalue weighted by Gasteiger charge is -2.26. The van der Waals surface area contributed by atoms with Crippen molar-refractivity contribution < 1.29 is 4.92 Å². The van der Waals surface area contributed by atoms with Gasteiger partial charge in [-0.1, -0.05) is 31.0 Å². The molecule has 0 bridgehead atoms. The molecule has 2 fully saturated rings. The molecular formula is C18H26N4O2. The Morgan fingerprint density at radius 2 is 2.08 bits per heavy atom. The van der Waals surface area contributed by atoms with Gasteiger partial charge in [0.05, 0.1) is 17.0 Å².